The van der Waals surface area contributed by atoms with Crippen LogP contribution in [0.25, 0.3) is 4.96 Å². The minimum atomic E-state index is -0.481. The summed E-state index contributed by atoms with van der Waals surface area (Å²) in [4.78, 5) is 30.0. The number of anilines is 1. The van der Waals surface area contributed by atoms with E-state index >= 15 is 0 Å². The molecule has 4 aromatic rings. The third-order valence-corrected chi connectivity index (χ3v) is 6.20. The van der Waals surface area contributed by atoms with E-state index in [2.05, 4.69) is 10.3 Å². The first-order chi connectivity index (χ1) is 15.5. The van der Waals surface area contributed by atoms with E-state index in [-0.39, 0.29) is 30.3 Å². The molecule has 0 saturated heterocycles. The van der Waals surface area contributed by atoms with Gasteiger partial charge in [-0.3, -0.25) is 14.0 Å². The van der Waals surface area contributed by atoms with Crippen LogP contribution in [-0.4, -0.2) is 22.4 Å². The number of amides is 1. The highest BCUT2D eigenvalue weighted by Crippen LogP contribution is 2.39. The van der Waals surface area contributed by atoms with Crippen LogP contribution in [0.5, 0.6) is 11.5 Å². The predicted molar refractivity (Wildman–Crippen MR) is 118 cm³/mol. The van der Waals surface area contributed by atoms with Gasteiger partial charge in [0.2, 0.25) is 5.91 Å². The first kappa shape index (κ1) is 20.2. The second-order valence-corrected chi connectivity index (χ2v) is 8.20. The number of thiazole rings is 1. The minimum absolute atomic E-state index is 0.0401. The van der Waals surface area contributed by atoms with Gasteiger partial charge in [-0.05, 0) is 23.8 Å². The van der Waals surface area contributed by atoms with E-state index < -0.39 is 5.92 Å². The van der Waals surface area contributed by atoms with E-state index in [0.29, 0.717) is 33.4 Å². The summed E-state index contributed by atoms with van der Waals surface area (Å²) in [5.74, 6) is 0.290. The molecule has 1 amide bonds. The summed E-state index contributed by atoms with van der Waals surface area (Å²) < 4.78 is 26.9. The molecule has 7 nitrogen and oxygen atoms in total. The molecule has 1 atom stereocenters. The summed E-state index contributed by atoms with van der Waals surface area (Å²) in [5.41, 5.74) is 1.22. The molecule has 1 N–H and O–H groups in total. The molecule has 0 bridgehead atoms. The van der Waals surface area contributed by atoms with Crippen molar-refractivity contribution >= 4 is 28.0 Å². The number of fused-ring (bicyclic) bond motifs is 3. The molecule has 0 radical (unpaired) electrons. The molecule has 9 heteroatoms. The maximum atomic E-state index is 13.9. The van der Waals surface area contributed by atoms with Crippen molar-refractivity contribution in [2.75, 3.05) is 12.4 Å². The lowest BCUT2D eigenvalue weighted by atomic mass is 9.86. The number of carbonyl (C=O) groups is 1. The maximum absolute atomic E-state index is 13.9. The summed E-state index contributed by atoms with van der Waals surface area (Å²) in [6, 6.07) is 11.6. The maximum Gasteiger partial charge on any atom is 0.279 e. The van der Waals surface area contributed by atoms with Gasteiger partial charge < -0.3 is 14.8 Å². The zero-order valence-electron chi connectivity index (χ0n) is 17.0. The van der Waals surface area contributed by atoms with Crippen LogP contribution in [0.1, 0.15) is 29.0 Å². The second kappa shape index (κ2) is 8.08. The fourth-order valence-corrected chi connectivity index (χ4v) is 4.59. The lowest BCUT2D eigenvalue weighted by Gasteiger charge is -2.26. The number of aromatic nitrogens is 2. The highest BCUT2D eigenvalue weighted by Gasteiger charge is 2.32. The Labute approximate surface area is 186 Å². The van der Waals surface area contributed by atoms with Crippen LogP contribution in [-0.2, 0) is 11.4 Å². The van der Waals surface area contributed by atoms with Gasteiger partial charge in [-0.15, -0.1) is 11.3 Å². The third-order valence-electron chi connectivity index (χ3n) is 5.44. The standard InChI is InChI=1S/C23H18FN3O4S/c1-30-18-10-13(6-7-17(18)31-12-14-4-2-3-5-16(14)24)15-11-19(28)25-21-20(15)22(29)26-23-27(21)8-9-32-23/h2-10,15H,11-12H2,1H3,(H,25,28)/t15-/m1/s1. The highest BCUT2D eigenvalue weighted by atomic mass is 32.1. The molecule has 3 heterocycles. The average molecular weight is 451 g/mol. The molecular formula is C23H18FN3O4S. The number of carbonyl (C=O) groups excluding carboxylic acids is 1. The summed E-state index contributed by atoms with van der Waals surface area (Å²) in [6.45, 7) is 0.0401. The Bertz CT molecular complexity index is 1400. The van der Waals surface area contributed by atoms with Crippen molar-refractivity contribution in [3.05, 3.63) is 86.9 Å². The molecule has 0 spiro atoms. The van der Waals surface area contributed by atoms with Gasteiger partial charge in [-0.25, -0.2) is 4.39 Å². The highest BCUT2D eigenvalue weighted by molar-refractivity contribution is 7.15. The SMILES string of the molecule is COc1cc([C@H]2CC(=O)Nc3c2c(=O)nc2sccn32)ccc1OCc1ccccc1F. The van der Waals surface area contributed by atoms with Gasteiger partial charge in [0.05, 0.1) is 12.7 Å². The number of benzene rings is 2. The molecule has 2 aromatic heterocycles. The molecule has 0 saturated carbocycles. The smallest absolute Gasteiger partial charge is 0.279 e. The molecule has 2 aromatic carbocycles. The Kier molecular flexibility index (Phi) is 5.10. The van der Waals surface area contributed by atoms with Crippen LogP contribution >= 0.6 is 11.3 Å². The third kappa shape index (κ3) is 3.50. The Morgan fingerprint density at radius 3 is 2.88 bits per heavy atom. The van der Waals surface area contributed by atoms with Crippen LogP contribution in [0, 0.1) is 5.82 Å². The van der Waals surface area contributed by atoms with Crippen molar-refractivity contribution in [3.8, 4) is 11.5 Å². The Balaban J connectivity index is 1.51. The van der Waals surface area contributed by atoms with Crippen molar-refractivity contribution in [1.29, 1.82) is 0 Å². The van der Waals surface area contributed by atoms with Gasteiger partial charge in [-0.2, -0.15) is 4.98 Å². The molecule has 162 valence electrons. The quantitative estimate of drug-likeness (QED) is 0.497. The summed E-state index contributed by atoms with van der Waals surface area (Å²) in [6.07, 6.45) is 1.88. The van der Waals surface area contributed by atoms with E-state index in [1.807, 2.05) is 5.38 Å². The molecule has 0 aliphatic carbocycles. The molecule has 0 fully saturated rings. The number of methoxy groups -OCH3 is 1. The zero-order valence-corrected chi connectivity index (χ0v) is 17.8. The number of hydrogen-bond acceptors (Lipinski definition) is 6. The number of nitrogens with zero attached hydrogens (tertiary/aromatic N) is 2. The largest absolute Gasteiger partial charge is 0.493 e. The fourth-order valence-electron chi connectivity index (χ4n) is 3.89. The molecule has 1 aliphatic heterocycles. The minimum Gasteiger partial charge on any atom is -0.493 e. The van der Waals surface area contributed by atoms with E-state index in [1.165, 1.54) is 24.5 Å². The first-order valence-corrected chi connectivity index (χ1v) is 10.8. The topological polar surface area (TPSA) is 81.9 Å². The van der Waals surface area contributed by atoms with E-state index in [4.69, 9.17) is 9.47 Å². The van der Waals surface area contributed by atoms with Crippen LogP contribution in [0.3, 0.4) is 0 Å². The normalized spacial score (nSPS) is 15.3. The summed E-state index contributed by atoms with van der Waals surface area (Å²) >= 11 is 1.32. The monoisotopic (exact) mass is 451 g/mol. The number of rotatable bonds is 5. The number of hydrogen-bond donors (Lipinski definition) is 1. The average Bonchev–Trinajstić information content (AvgIpc) is 3.26. The van der Waals surface area contributed by atoms with Crippen LogP contribution in [0.4, 0.5) is 10.2 Å². The van der Waals surface area contributed by atoms with E-state index in [9.17, 15) is 14.0 Å². The molecular weight excluding hydrogens is 433 g/mol. The van der Waals surface area contributed by atoms with Crippen LogP contribution in [0.15, 0.2) is 58.8 Å². The van der Waals surface area contributed by atoms with E-state index in [1.54, 1.807) is 47.0 Å². The van der Waals surface area contributed by atoms with E-state index in [0.717, 1.165) is 5.56 Å². The van der Waals surface area contributed by atoms with Gasteiger partial charge in [0.1, 0.15) is 18.2 Å². The summed E-state index contributed by atoms with van der Waals surface area (Å²) in [7, 11) is 1.50. The van der Waals surface area contributed by atoms with Crippen LogP contribution < -0.4 is 20.3 Å². The lowest BCUT2D eigenvalue weighted by Crippen LogP contribution is -2.31. The first-order valence-electron chi connectivity index (χ1n) is 9.89. The Morgan fingerprint density at radius 2 is 2.06 bits per heavy atom. The fraction of sp³-hybridized carbons (Fsp3) is 0.174. The number of ether oxygens (including phenoxy) is 2. The van der Waals surface area contributed by atoms with Crippen molar-refractivity contribution in [1.82, 2.24) is 9.38 Å². The molecule has 5 rings (SSSR count). The Morgan fingerprint density at radius 1 is 1.22 bits per heavy atom. The van der Waals surface area contributed by atoms with Crippen molar-refractivity contribution in [2.45, 2.75) is 18.9 Å². The van der Waals surface area contributed by atoms with Gasteiger partial charge in [-0.1, -0.05) is 24.3 Å². The summed E-state index contributed by atoms with van der Waals surface area (Å²) in [5, 5.41) is 4.62. The molecule has 1 aliphatic rings. The number of halogens is 1. The lowest BCUT2D eigenvalue weighted by molar-refractivity contribution is -0.116. The van der Waals surface area contributed by atoms with Crippen molar-refractivity contribution < 1.29 is 18.7 Å². The van der Waals surface area contributed by atoms with Gasteiger partial charge >= 0.3 is 0 Å². The van der Waals surface area contributed by atoms with Gasteiger partial charge in [0.15, 0.2) is 16.5 Å². The van der Waals surface area contributed by atoms with Crippen molar-refractivity contribution in [2.24, 2.45) is 0 Å². The van der Waals surface area contributed by atoms with Gasteiger partial charge in [0.25, 0.3) is 5.56 Å². The number of nitrogens with one attached hydrogen (secondary N) is 1. The van der Waals surface area contributed by atoms with Gasteiger partial charge in [0, 0.05) is 29.5 Å². The van der Waals surface area contributed by atoms with Crippen molar-refractivity contribution in [3.63, 3.8) is 0 Å². The van der Waals surface area contributed by atoms with Crippen LogP contribution in [0.2, 0.25) is 0 Å². The molecule has 0 unspecified atom stereocenters. The second-order valence-electron chi connectivity index (χ2n) is 7.33. The predicted octanol–water partition coefficient (Wildman–Crippen LogP) is 3.96. The Hall–Kier alpha value is -3.72. The molecule has 32 heavy (non-hydrogen) atoms. The zero-order chi connectivity index (χ0) is 22.2.